The number of para-hydroxylation sites is 1. The van der Waals surface area contributed by atoms with E-state index in [9.17, 15) is 0 Å². The lowest BCUT2D eigenvalue weighted by Crippen LogP contribution is -2.26. The molecule has 69 heavy (non-hydrogen) atoms. The monoisotopic (exact) mass is 883 g/mol. The third-order valence-electron chi connectivity index (χ3n) is 13.7. The van der Waals surface area contributed by atoms with E-state index in [0.29, 0.717) is 29.0 Å². The molecule has 0 fully saturated rings. The maximum atomic E-state index is 6.88. The van der Waals surface area contributed by atoms with Crippen molar-refractivity contribution in [1.82, 2.24) is 15.0 Å². The lowest BCUT2D eigenvalue weighted by Gasteiger charge is -2.31. The van der Waals surface area contributed by atoms with E-state index in [1.54, 1.807) is 0 Å². The molecule has 9 aromatic carbocycles. The van der Waals surface area contributed by atoms with E-state index in [-0.39, 0.29) is 0 Å². The summed E-state index contributed by atoms with van der Waals surface area (Å²) in [4.78, 5) is 25.8. The minimum atomic E-state index is -0.744. The maximum absolute atomic E-state index is 6.88. The normalized spacial score (nSPS) is 14.7. The van der Waals surface area contributed by atoms with Crippen LogP contribution in [0.15, 0.2) is 239 Å². The molecule has 11 aromatic rings. The lowest BCUT2D eigenvalue weighted by atomic mass is 9.70. The number of benzene rings is 9. The summed E-state index contributed by atoms with van der Waals surface area (Å²) in [7, 11) is 0. The Bertz CT molecular complexity index is 3860. The van der Waals surface area contributed by atoms with Gasteiger partial charge in [-0.15, -0.1) is 0 Å². The number of aliphatic imine (C=N–C) groups is 2. The van der Waals surface area contributed by atoms with Crippen molar-refractivity contribution in [1.29, 1.82) is 0 Å². The summed E-state index contributed by atoms with van der Waals surface area (Å²) in [6.07, 6.45) is 0. The Balaban J connectivity index is 1.05. The van der Waals surface area contributed by atoms with Gasteiger partial charge in [0.15, 0.2) is 23.3 Å². The van der Waals surface area contributed by atoms with Crippen molar-refractivity contribution in [2.75, 3.05) is 0 Å². The quantitative estimate of drug-likeness (QED) is 0.118. The smallest absolute Gasteiger partial charge is 0.164 e. The molecule has 1 spiro atoms. The van der Waals surface area contributed by atoms with Crippen LogP contribution in [0.5, 0.6) is 0 Å². The zero-order valence-electron chi connectivity index (χ0n) is 37.6. The van der Waals surface area contributed by atoms with Gasteiger partial charge in [-0.1, -0.05) is 207 Å². The third-order valence-corrected chi connectivity index (χ3v) is 13.7. The molecule has 6 nitrogen and oxygen atoms in total. The molecule has 13 rings (SSSR count). The highest BCUT2D eigenvalue weighted by Crippen LogP contribution is 2.64. The first-order chi connectivity index (χ1) is 34.0. The Kier molecular flexibility index (Phi) is 9.34. The largest absolute Gasteiger partial charge is 0.455 e. The van der Waals surface area contributed by atoms with Crippen molar-refractivity contribution >= 4 is 39.2 Å². The average Bonchev–Trinajstić information content (AvgIpc) is 4.05. The fourth-order valence-electron chi connectivity index (χ4n) is 10.5. The van der Waals surface area contributed by atoms with E-state index in [0.717, 1.165) is 94.4 Å². The van der Waals surface area contributed by atoms with Gasteiger partial charge in [0.2, 0.25) is 0 Å². The van der Waals surface area contributed by atoms with Gasteiger partial charge in [0.05, 0.1) is 11.1 Å². The number of fused-ring (bicyclic) bond motifs is 14. The molecule has 0 radical (unpaired) electrons. The third kappa shape index (κ3) is 6.45. The van der Waals surface area contributed by atoms with Crippen LogP contribution in [-0.2, 0) is 5.41 Å². The summed E-state index contributed by atoms with van der Waals surface area (Å²) in [6.45, 7) is 6.43. The van der Waals surface area contributed by atoms with Gasteiger partial charge >= 0.3 is 0 Å². The van der Waals surface area contributed by atoms with Crippen LogP contribution in [0.3, 0.4) is 0 Å². The lowest BCUT2D eigenvalue weighted by molar-refractivity contribution is 0.669. The van der Waals surface area contributed by atoms with Gasteiger partial charge in [0.25, 0.3) is 0 Å². The van der Waals surface area contributed by atoms with Crippen LogP contribution < -0.4 is 0 Å². The first kappa shape index (κ1) is 40.2. The zero-order valence-corrected chi connectivity index (χ0v) is 37.6. The van der Waals surface area contributed by atoms with Gasteiger partial charge in [-0.25, -0.2) is 24.9 Å². The first-order valence-corrected chi connectivity index (χ1v) is 23.2. The predicted molar refractivity (Wildman–Crippen MR) is 280 cm³/mol. The van der Waals surface area contributed by atoms with Crippen molar-refractivity contribution in [2.45, 2.75) is 12.3 Å². The van der Waals surface area contributed by atoms with E-state index in [1.807, 2.05) is 127 Å². The Morgan fingerprint density at radius 3 is 1.70 bits per heavy atom. The maximum Gasteiger partial charge on any atom is 0.164 e. The topological polar surface area (TPSA) is 76.5 Å². The second-order valence-electron chi connectivity index (χ2n) is 17.6. The highest BCUT2D eigenvalue weighted by molar-refractivity contribution is 6.15. The fourth-order valence-corrected chi connectivity index (χ4v) is 10.5. The number of furan rings is 1. The van der Waals surface area contributed by atoms with E-state index >= 15 is 0 Å². The molecule has 2 aliphatic carbocycles. The molecule has 0 bridgehead atoms. The molecule has 0 saturated carbocycles. The van der Waals surface area contributed by atoms with Crippen LogP contribution >= 0.6 is 0 Å². The Morgan fingerprint density at radius 1 is 0.435 bits per heavy atom. The predicted octanol–water partition coefficient (Wildman–Crippen LogP) is 15.0. The molecule has 0 saturated heterocycles. The standard InChI is InChI=1S/C63H41N5O/c1-39(41-19-7-3-8-20-41)64-59(42-21-9-4-10-22-42)65-40(2)45-31-33-47-48-34-32-46(62-67-60(43-23-11-5-12-24-43)66-61(68-62)44-25-13-6-14-26-44)38-55(48)63(54(47)37-45)52-29-17-15-28-51(52)57-53(63)36-35-50-49-27-16-18-30-56(49)69-58(50)57/h3-38H,1H2,2H3. The van der Waals surface area contributed by atoms with Gasteiger partial charge in [0.1, 0.15) is 11.2 Å². The SMILES string of the molecule is C=C(N=C(N=C(C)c1ccc2c(c1)C1(c3cc(-c4nc(-c5ccccc5)nc(-c5ccccc5)n4)ccc3-2)c2ccccc2-c2c1ccc1c2oc2ccccc21)c1ccccc1)c1ccccc1. The number of hydrogen-bond acceptors (Lipinski definition) is 5. The molecule has 1 atom stereocenters. The molecule has 0 aliphatic heterocycles. The summed E-state index contributed by atoms with van der Waals surface area (Å²) < 4.78 is 6.88. The van der Waals surface area contributed by atoms with Crippen molar-refractivity contribution in [2.24, 2.45) is 9.98 Å². The average molecular weight is 884 g/mol. The van der Waals surface area contributed by atoms with Crippen LogP contribution in [0.25, 0.3) is 84.1 Å². The van der Waals surface area contributed by atoms with E-state index in [4.69, 9.17) is 29.4 Å². The molecule has 2 aliphatic rings. The molecular formula is C63H41N5O. The first-order valence-electron chi connectivity index (χ1n) is 23.2. The minimum Gasteiger partial charge on any atom is -0.455 e. The number of nitrogens with zero attached hydrogens (tertiary/aromatic N) is 5. The Morgan fingerprint density at radius 2 is 1.00 bits per heavy atom. The van der Waals surface area contributed by atoms with Crippen molar-refractivity contribution in [3.05, 3.63) is 264 Å². The summed E-state index contributed by atoms with van der Waals surface area (Å²) in [6, 6.07) is 75.7. The molecule has 2 heterocycles. The zero-order chi connectivity index (χ0) is 46.1. The highest BCUT2D eigenvalue weighted by Gasteiger charge is 2.53. The van der Waals surface area contributed by atoms with Gasteiger partial charge in [-0.2, -0.15) is 0 Å². The molecule has 6 heteroatoms. The van der Waals surface area contributed by atoms with Crippen LogP contribution in [0.2, 0.25) is 0 Å². The van der Waals surface area contributed by atoms with Gasteiger partial charge in [0, 0.05) is 44.3 Å². The number of hydrogen-bond donors (Lipinski definition) is 0. The minimum absolute atomic E-state index is 0.594. The second kappa shape index (κ2) is 16.0. The van der Waals surface area contributed by atoms with Crippen LogP contribution in [0.4, 0.5) is 0 Å². The highest BCUT2D eigenvalue weighted by atomic mass is 16.3. The van der Waals surface area contributed by atoms with Gasteiger partial charge in [-0.05, 0) is 75.2 Å². The Hall–Kier alpha value is -9.13. The van der Waals surface area contributed by atoms with Gasteiger partial charge < -0.3 is 4.42 Å². The van der Waals surface area contributed by atoms with Crippen molar-refractivity contribution in [3.63, 3.8) is 0 Å². The summed E-state index contributed by atoms with van der Waals surface area (Å²) >= 11 is 0. The van der Waals surface area contributed by atoms with Crippen LogP contribution in [-0.4, -0.2) is 26.5 Å². The summed E-state index contributed by atoms with van der Waals surface area (Å²) in [5, 5.41) is 2.19. The van der Waals surface area contributed by atoms with E-state index in [1.165, 1.54) is 11.1 Å². The number of amidine groups is 1. The molecule has 2 aromatic heterocycles. The van der Waals surface area contributed by atoms with Crippen LogP contribution in [0.1, 0.15) is 45.9 Å². The fraction of sp³-hybridized carbons (Fsp3) is 0.0317. The van der Waals surface area contributed by atoms with E-state index in [2.05, 4.69) is 104 Å². The van der Waals surface area contributed by atoms with Crippen LogP contribution in [0, 0.1) is 0 Å². The van der Waals surface area contributed by atoms with Crippen molar-refractivity contribution < 1.29 is 4.42 Å². The number of rotatable bonds is 7. The molecule has 0 N–H and O–H groups in total. The Labute approximate surface area is 399 Å². The van der Waals surface area contributed by atoms with E-state index < -0.39 is 5.41 Å². The summed E-state index contributed by atoms with van der Waals surface area (Å²) in [5.74, 6) is 2.43. The number of aromatic nitrogens is 3. The van der Waals surface area contributed by atoms with Gasteiger partial charge in [-0.3, -0.25) is 0 Å². The molecule has 1 unspecified atom stereocenters. The summed E-state index contributed by atoms with van der Waals surface area (Å²) in [5.41, 5.74) is 17.3. The molecule has 324 valence electrons. The molecule has 0 amide bonds. The second-order valence-corrected chi connectivity index (χ2v) is 17.6. The van der Waals surface area contributed by atoms with Crippen molar-refractivity contribution in [3.8, 4) is 56.4 Å². The molecular weight excluding hydrogens is 843 g/mol.